The first-order valence-electron chi connectivity index (χ1n) is 8.86. The number of carbonyl (C=O) groups is 2. The van der Waals surface area contributed by atoms with E-state index in [4.69, 9.17) is 23.2 Å². The summed E-state index contributed by atoms with van der Waals surface area (Å²) >= 11 is 11.6. The molecule has 4 nitrogen and oxygen atoms in total. The van der Waals surface area contributed by atoms with E-state index in [0.29, 0.717) is 11.1 Å². The Hall–Kier alpha value is -2.74. The molecule has 16 heteroatoms. The van der Waals surface area contributed by atoms with Crippen molar-refractivity contribution < 1.29 is 53.5 Å². The molecule has 0 heterocycles. The van der Waals surface area contributed by atoms with Crippen molar-refractivity contribution in [1.82, 2.24) is 0 Å². The van der Waals surface area contributed by atoms with Crippen LogP contribution in [0.1, 0.15) is 11.1 Å². The summed E-state index contributed by atoms with van der Waals surface area (Å²) in [6.07, 6.45) is -12.3. The topological polar surface area (TPSA) is 58.2 Å². The molecule has 0 atom stereocenters. The van der Waals surface area contributed by atoms with Gasteiger partial charge in [0.05, 0.1) is 21.4 Å². The number of hydrogen-bond acceptors (Lipinski definition) is 2. The first-order chi connectivity index (χ1) is 15.8. The summed E-state index contributed by atoms with van der Waals surface area (Å²) in [6.45, 7) is 0. The van der Waals surface area contributed by atoms with Crippen molar-refractivity contribution >= 4 is 46.4 Å². The van der Waals surface area contributed by atoms with Crippen LogP contribution in [0.3, 0.4) is 0 Å². The number of amides is 2. The number of alkyl halides is 10. The van der Waals surface area contributed by atoms with E-state index < -0.39 is 57.4 Å². The zero-order valence-electron chi connectivity index (χ0n) is 16.5. The number of nitrogens with one attached hydrogen (secondary N) is 2. The van der Waals surface area contributed by atoms with Crippen LogP contribution in [0, 0.1) is 0 Å². The van der Waals surface area contributed by atoms with Crippen molar-refractivity contribution in [2.75, 3.05) is 10.6 Å². The van der Waals surface area contributed by atoms with Gasteiger partial charge in [0.15, 0.2) is 0 Å². The number of anilines is 2. The molecule has 2 amide bonds. The van der Waals surface area contributed by atoms with E-state index in [0.717, 1.165) is 24.3 Å². The Bertz CT molecular complexity index is 1050. The molecule has 0 fully saturated rings. The van der Waals surface area contributed by atoms with E-state index in [-0.39, 0.29) is 6.42 Å². The molecule has 0 aliphatic rings. The SMILES string of the molecule is O=C(Nc1ccc(Cc2ccc(NC(=O)C(F)(F)C(F)(F)F)c(Cl)c2)cc1Cl)C(F)(F)C(F)(F)F. The van der Waals surface area contributed by atoms with Gasteiger partial charge in [-0.25, -0.2) is 0 Å². The maximum Gasteiger partial charge on any atom is 0.463 e. The second-order valence-corrected chi connectivity index (χ2v) is 7.67. The van der Waals surface area contributed by atoms with Crippen molar-refractivity contribution in [3.63, 3.8) is 0 Å². The molecular weight excluding hydrogens is 549 g/mol. The highest BCUT2D eigenvalue weighted by atomic mass is 35.5. The summed E-state index contributed by atoms with van der Waals surface area (Å²) in [7, 11) is 0. The quantitative estimate of drug-likeness (QED) is 0.381. The van der Waals surface area contributed by atoms with Crippen molar-refractivity contribution in [3.8, 4) is 0 Å². The standard InChI is InChI=1S/C19H10Cl2F10N2O2/c20-10-6-8(1-3-12(10)32-14(34)16(22,23)18(26,27)28)5-9-2-4-13(11(21)7-9)33-15(35)17(24,25)19(29,30)31/h1-4,6-7H,5H2,(H,32,34)(H,33,35). The molecular formula is C19H10Cl2F10N2O2. The zero-order chi connectivity index (χ0) is 27.0. The molecule has 0 aliphatic carbocycles. The minimum atomic E-state index is -6.13. The number of rotatable bonds is 6. The van der Waals surface area contributed by atoms with E-state index in [9.17, 15) is 53.5 Å². The summed E-state index contributed by atoms with van der Waals surface area (Å²) < 4.78 is 126. The fraction of sp³-hybridized carbons (Fsp3) is 0.263. The van der Waals surface area contributed by atoms with Crippen LogP contribution in [0.15, 0.2) is 36.4 Å². The van der Waals surface area contributed by atoms with Crippen molar-refractivity contribution in [2.24, 2.45) is 0 Å². The predicted octanol–water partition coefficient (Wildman–Crippen LogP) is 6.86. The fourth-order valence-electron chi connectivity index (χ4n) is 2.43. The van der Waals surface area contributed by atoms with Gasteiger partial charge in [0.1, 0.15) is 0 Å². The number of halogens is 12. The Labute approximate surface area is 199 Å². The number of carbonyl (C=O) groups excluding carboxylic acids is 2. The first kappa shape index (κ1) is 28.5. The largest absolute Gasteiger partial charge is 0.463 e. The van der Waals surface area contributed by atoms with E-state index in [1.54, 1.807) is 0 Å². The van der Waals surface area contributed by atoms with Crippen LogP contribution in [0.5, 0.6) is 0 Å². The summed E-state index contributed by atoms with van der Waals surface area (Å²) in [5, 5.41) is 1.92. The highest BCUT2D eigenvalue weighted by Gasteiger charge is 2.64. The maximum absolute atomic E-state index is 13.1. The molecule has 2 aromatic rings. The van der Waals surface area contributed by atoms with Crippen molar-refractivity contribution in [3.05, 3.63) is 57.6 Å². The summed E-state index contributed by atoms with van der Waals surface area (Å²) in [5.41, 5.74) is -0.476. The Morgan fingerprint density at radius 2 is 0.943 bits per heavy atom. The molecule has 2 rings (SSSR count). The minimum Gasteiger partial charge on any atom is -0.319 e. The highest BCUT2D eigenvalue weighted by molar-refractivity contribution is 6.34. The van der Waals surface area contributed by atoms with Gasteiger partial charge >= 0.3 is 36.0 Å². The third kappa shape index (κ3) is 6.28. The van der Waals surface area contributed by atoms with E-state index in [2.05, 4.69) is 0 Å². The van der Waals surface area contributed by atoms with Gasteiger partial charge < -0.3 is 10.6 Å². The molecule has 0 bridgehead atoms. The minimum absolute atomic E-state index is 0.0423. The van der Waals surface area contributed by atoms with Crippen LogP contribution in [0.25, 0.3) is 0 Å². The van der Waals surface area contributed by atoms with Gasteiger partial charge in [-0.15, -0.1) is 0 Å². The highest BCUT2D eigenvalue weighted by Crippen LogP contribution is 2.38. The lowest BCUT2D eigenvalue weighted by Gasteiger charge is -2.19. The lowest BCUT2D eigenvalue weighted by atomic mass is 10.0. The molecule has 35 heavy (non-hydrogen) atoms. The Kier molecular flexibility index (Phi) is 7.92. The van der Waals surface area contributed by atoms with Gasteiger partial charge in [-0.05, 0) is 41.8 Å². The maximum atomic E-state index is 13.1. The summed E-state index contributed by atoms with van der Waals surface area (Å²) in [5.74, 6) is -16.7. The third-order valence-corrected chi connectivity index (χ3v) is 4.88. The lowest BCUT2D eigenvalue weighted by molar-refractivity contribution is -0.267. The Morgan fingerprint density at radius 1 is 0.629 bits per heavy atom. The number of benzene rings is 2. The molecule has 192 valence electrons. The molecule has 0 unspecified atom stereocenters. The zero-order valence-corrected chi connectivity index (χ0v) is 18.0. The summed E-state index contributed by atoms with van der Waals surface area (Å²) in [4.78, 5) is 22.6. The normalized spacial score (nSPS) is 12.9. The Balaban J connectivity index is 2.14. The van der Waals surface area contributed by atoms with Crippen LogP contribution in [-0.2, 0) is 16.0 Å². The van der Waals surface area contributed by atoms with Gasteiger partial charge in [0, 0.05) is 0 Å². The van der Waals surface area contributed by atoms with Crippen LogP contribution in [0.4, 0.5) is 55.3 Å². The predicted molar refractivity (Wildman–Crippen MR) is 105 cm³/mol. The van der Waals surface area contributed by atoms with Gasteiger partial charge in [-0.2, -0.15) is 43.9 Å². The van der Waals surface area contributed by atoms with Crippen molar-refractivity contribution in [1.29, 1.82) is 0 Å². The second kappa shape index (κ2) is 9.72. The monoisotopic (exact) mass is 558 g/mol. The molecule has 0 aromatic heterocycles. The first-order valence-corrected chi connectivity index (χ1v) is 9.62. The number of hydrogen-bond donors (Lipinski definition) is 2. The molecule has 0 saturated carbocycles. The van der Waals surface area contributed by atoms with E-state index >= 15 is 0 Å². The van der Waals surface area contributed by atoms with Crippen LogP contribution >= 0.6 is 23.2 Å². The van der Waals surface area contributed by atoms with Crippen LogP contribution in [0.2, 0.25) is 10.0 Å². The molecule has 0 spiro atoms. The van der Waals surface area contributed by atoms with Gasteiger partial charge in [0.25, 0.3) is 0 Å². The molecule has 0 saturated heterocycles. The van der Waals surface area contributed by atoms with Gasteiger partial charge in [-0.1, -0.05) is 35.3 Å². The second-order valence-electron chi connectivity index (χ2n) is 6.86. The van der Waals surface area contributed by atoms with Gasteiger partial charge in [0.2, 0.25) is 0 Å². The average molecular weight is 559 g/mol. The average Bonchev–Trinajstić information content (AvgIpc) is 2.70. The van der Waals surface area contributed by atoms with Crippen molar-refractivity contribution in [2.45, 2.75) is 30.6 Å². The molecule has 0 aliphatic heterocycles. The van der Waals surface area contributed by atoms with E-state index in [1.807, 2.05) is 0 Å². The lowest BCUT2D eigenvalue weighted by Crippen LogP contribution is -2.47. The van der Waals surface area contributed by atoms with Gasteiger partial charge in [-0.3, -0.25) is 9.59 Å². The van der Waals surface area contributed by atoms with E-state index in [1.165, 1.54) is 22.8 Å². The smallest absolute Gasteiger partial charge is 0.319 e. The Morgan fingerprint density at radius 3 is 1.20 bits per heavy atom. The molecule has 2 aromatic carbocycles. The molecule has 2 N–H and O–H groups in total. The summed E-state index contributed by atoms with van der Waals surface area (Å²) in [6, 6.07) is 6.49. The van der Waals surface area contributed by atoms with Crippen LogP contribution < -0.4 is 10.6 Å². The van der Waals surface area contributed by atoms with Crippen LogP contribution in [-0.4, -0.2) is 36.0 Å². The fourth-order valence-corrected chi connectivity index (χ4v) is 2.94. The third-order valence-electron chi connectivity index (χ3n) is 4.25. The molecule has 0 radical (unpaired) electrons.